The molecule has 7 nitrogen and oxygen atoms in total. The Kier molecular flexibility index (Phi) is 7.65. The van der Waals surface area contributed by atoms with Crippen LogP contribution in [0.25, 0.3) is 5.65 Å². The molecule has 7 heteroatoms. The predicted octanol–water partition coefficient (Wildman–Crippen LogP) is 4.46. The first kappa shape index (κ1) is 23.6. The molecule has 2 heterocycles. The molecule has 0 spiro atoms. The van der Waals surface area contributed by atoms with Crippen molar-refractivity contribution in [2.24, 2.45) is 0 Å². The van der Waals surface area contributed by atoms with Gasteiger partial charge in [-0.3, -0.25) is 4.79 Å². The number of benzene rings is 2. The van der Waals surface area contributed by atoms with Crippen molar-refractivity contribution < 1.29 is 9.90 Å². The van der Waals surface area contributed by atoms with Gasteiger partial charge in [-0.15, -0.1) is 5.10 Å². The van der Waals surface area contributed by atoms with Crippen molar-refractivity contribution in [1.82, 2.24) is 25.4 Å². The van der Waals surface area contributed by atoms with E-state index < -0.39 is 5.97 Å². The van der Waals surface area contributed by atoms with Crippen molar-refractivity contribution in [1.29, 1.82) is 0 Å². The number of carboxylic acids is 1. The van der Waals surface area contributed by atoms with Gasteiger partial charge in [-0.2, -0.15) is 0 Å². The zero-order valence-electron chi connectivity index (χ0n) is 19.7. The number of fused-ring (bicyclic) bond motifs is 1. The van der Waals surface area contributed by atoms with Crippen LogP contribution in [0, 0.1) is 13.8 Å². The average Bonchev–Trinajstić information content (AvgIpc) is 3.30. The van der Waals surface area contributed by atoms with Gasteiger partial charge in [0.1, 0.15) is 0 Å². The number of carbonyl (C=O) groups is 1. The third-order valence-corrected chi connectivity index (χ3v) is 6.41. The SMILES string of the molecule is Cc1ccccc1CCCCNCc1cc(C(CC(=O)O)c2ccn3nnnc3c2)ccc1C. The number of rotatable bonds is 11. The Morgan fingerprint density at radius 3 is 2.62 bits per heavy atom. The number of hydrogen-bond acceptors (Lipinski definition) is 5. The van der Waals surface area contributed by atoms with Gasteiger partial charge in [0.15, 0.2) is 5.65 Å². The number of nitrogens with one attached hydrogen (secondary N) is 1. The summed E-state index contributed by atoms with van der Waals surface area (Å²) in [6, 6.07) is 18.6. The zero-order chi connectivity index (χ0) is 23.9. The van der Waals surface area contributed by atoms with Crippen LogP contribution in [0.2, 0.25) is 0 Å². The monoisotopic (exact) mass is 457 g/mol. The van der Waals surface area contributed by atoms with Crippen LogP contribution in [0.3, 0.4) is 0 Å². The van der Waals surface area contributed by atoms with Crippen molar-refractivity contribution in [2.45, 2.75) is 52.0 Å². The Bertz CT molecular complexity index is 1270. The quantitative estimate of drug-likeness (QED) is 0.323. The highest BCUT2D eigenvalue weighted by Gasteiger charge is 2.20. The number of aryl methyl sites for hydroxylation is 3. The third-order valence-electron chi connectivity index (χ3n) is 6.41. The Balaban J connectivity index is 1.40. The molecule has 0 aliphatic rings. The number of aliphatic carboxylic acids is 1. The average molecular weight is 458 g/mol. The predicted molar refractivity (Wildman–Crippen MR) is 132 cm³/mol. The Morgan fingerprint density at radius 2 is 1.79 bits per heavy atom. The summed E-state index contributed by atoms with van der Waals surface area (Å²) in [7, 11) is 0. The largest absolute Gasteiger partial charge is 0.481 e. The Labute approximate surface area is 199 Å². The second kappa shape index (κ2) is 11.0. The number of nitrogens with zero attached hydrogens (tertiary/aromatic N) is 4. The van der Waals surface area contributed by atoms with Gasteiger partial charge < -0.3 is 10.4 Å². The summed E-state index contributed by atoms with van der Waals surface area (Å²) >= 11 is 0. The second-order valence-corrected chi connectivity index (χ2v) is 8.84. The van der Waals surface area contributed by atoms with Crippen LogP contribution < -0.4 is 5.32 Å². The van der Waals surface area contributed by atoms with Gasteiger partial charge in [0.25, 0.3) is 0 Å². The van der Waals surface area contributed by atoms with Crippen LogP contribution in [0.4, 0.5) is 0 Å². The lowest BCUT2D eigenvalue weighted by molar-refractivity contribution is -0.137. The molecule has 0 bridgehead atoms. The number of hydrogen-bond donors (Lipinski definition) is 2. The van der Waals surface area contributed by atoms with Gasteiger partial charge in [-0.05, 0) is 95.6 Å². The molecular weight excluding hydrogens is 426 g/mol. The van der Waals surface area contributed by atoms with Crippen molar-refractivity contribution in [2.75, 3.05) is 6.54 Å². The van der Waals surface area contributed by atoms with Gasteiger partial charge in [0.2, 0.25) is 0 Å². The van der Waals surface area contributed by atoms with Crippen LogP contribution >= 0.6 is 0 Å². The van der Waals surface area contributed by atoms with E-state index in [1.807, 2.05) is 18.2 Å². The number of tetrazole rings is 1. The summed E-state index contributed by atoms with van der Waals surface area (Å²) < 4.78 is 1.57. The standard InChI is InChI=1S/C27H31N5O2/c1-19-7-3-4-8-21(19)9-5-6-13-28-18-24-15-22(11-10-20(24)2)25(17-27(33)34)23-12-14-32-26(16-23)29-30-31-32/h3-4,7-8,10-12,14-16,25,28H,5-6,9,13,17-18H2,1-2H3,(H,33,34). The fourth-order valence-electron chi connectivity index (χ4n) is 4.35. The Morgan fingerprint density at radius 1 is 1.00 bits per heavy atom. The summed E-state index contributed by atoms with van der Waals surface area (Å²) in [5.41, 5.74) is 7.66. The normalized spacial score (nSPS) is 12.2. The van der Waals surface area contributed by atoms with Gasteiger partial charge >= 0.3 is 5.97 Å². The lowest BCUT2D eigenvalue weighted by Gasteiger charge is -2.18. The van der Waals surface area contributed by atoms with E-state index in [1.54, 1.807) is 10.7 Å². The van der Waals surface area contributed by atoms with Crippen molar-refractivity contribution in [3.8, 4) is 0 Å². The zero-order valence-corrected chi connectivity index (χ0v) is 19.7. The van der Waals surface area contributed by atoms with E-state index in [-0.39, 0.29) is 12.3 Å². The van der Waals surface area contributed by atoms with E-state index in [9.17, 15) is 9.90 Å². The first-order valence-corrected chi connectivity index (χ1v) is 11.8. The summed E-state index contributed by atoms with van der Waals surface area (Å²) in [5.74, 6) is -1.11. The lowest BCUT2D eigenvalue weighted by Crippen LogP contribution is -2.16. The number of pyridine rings is 1. The van der Waals surface area contributed by atoms with E-state index in [0.29, 0.717) is 5.65 Å². The molecule has 0 amide bonds. The molecule has 0 fully saturated rings. The van der Waals surface area contributed by atoms with Crippen LogP contribution in [0.1, 0.15) is 58.6 Å². The highest BCUT2D eigenvalue weighted by molar-refractivity contribution is 5.69. The minimum atomic E-state index is -0.835. The summed E-state index contributed by atoms with van der Waals surface area (Å²) in [6.45, 7) is 5.97. The minimum absolute atomic E-state index is 0.00652. The molecule has 2 N–H and O–H groups in total. The molecule has 34 heavy (non-hydrogen) atoms. The number of unbranched alkanes of at least 4 members (excludes halogenated alkanes) is 1. The summed E-state index contributed by atoms with van der Waals surface area (Å²) in [4.78, 5) is 11.7. The van der Waals surface area contributed by atoms with Crippen molar-refractivity contribution >= 4 is 11.6 Å². The van der Waals surface area contributed by atoms with Crippen molar-refractivity contribution in [3.05, 3.63) is 94.2 Å². The van der Waals surface area contributed by atoms with E-state index >= 15 is 0 Å². The van der Waals surface area contributed by atoms with Crippen LogP contribution in [0.15, 0.2) is 60.8 Å². The number of carboxylic acid groups (broad SMARTS) is 1. The minimum Gasteiger partial charge on any atom is -0.481 e. The molecule has 2 aromatic carbocycles. The van der Waals surface area contributed by atoms with Crippen LogP contribution in [-0.2, 0) is 17.8 Å². The molecule has 0 aliphatic carbocycles. The van der Waals surface area contributed by atoms with Crippen molar-refractivity contribution in [3.63, 3.8) is 0 Å². The molecule has 4 rings (SSSR count). The molecule has 1 atom stereocenters. The summed E-state index contributed by atoms with van der Waals surface area (Å²) in [6.07, 6.45) is 5.14. The highest BCUT2D eigenvalue weighted by atomic mass is 16.4. The Hall–Kier alpha value is -3.58. The van der Waals surface area contributed by atoms with Crippen LogP contribution in [-0.4, -0.2) is 37.7 Å². The topological polar surface area (TPSA) is 92.4 Å². The molecule has 4 aromatic rings. The lowest BCUT2D eigenvalue weighted by atomic mass is 9.87. The first-order chi connectivity index (χ1) is 16.5. The van der Waals surface area contributed by atoms with E-state index in [4.69, 9.17) is 0 Å². The molecule has 0 saturated carbocycles. The van der Waals surface area contributed by atoms with E-state index in [1.165, 1.54) is 22.3 Å². The highest BCUT2D eigenvalue weighted by Crippen LogP contribution is 2.30. The molecule has 0 aliphatic heterocycles. The fourth-order valence-corrected chi connectivity index (χ4v) is 4.35. The summed E-state index contributed by atoms with van der Waals surface area (Å²) in [5, 5.41) is 24.7. The van der Waals surface area contributed by atoms with Gasteiger partial charge in [-0.25, -0.2) is 4.52 Å². The molecule has 0 radical (unpaired) electrons. The smallest absolute Gasteiger partial charge is 0.304 e. The molecule has 176 valence electrons. The third kappa shape index (κ3) is 5.85. The molecule has 1 unspecified atom stereocenters. The van der Waals surface area contributed by atoms with Gasteiger partial charge in [-0.1, -0.05) is 42.5 Å². The van der Waals surface area contributed by atoms with Gasteiger partial charge in [0, 0.05) is 18.7 Å². The first-order valence-electron chi connectivity index (χ1n) is 11.8. The second-order valence-electron chi connectivity index (χ2n) is 8.84. The molecular formula is C27H31N5O2. The maximum atomic E-state index is 11.7. The number of aromatic nitrogens is 4. The van der Waals surface area contributed by atoms with Gasteiger partial charge in [0.05, 0.1) is 6.42 Å². The molecule has 0 saturated heterocycles. The van der Waals surface area contributed by atoms with E-state index in [0.717, 1.165) is 43.5 Å². The maximum absolute atomic E-state index is 11.7. The van der Waals surface area contributed by atoms with E-state index in [2.05, 4.69) is 71.1 Å². The maximum Gasteiger partial charge on any atom is 0.304 e. The van der Waals surface area contributed by atoms with Crippen LogP contribution in [0.5, 0.6) is 0 Å². The molecule has 2 aromatic heterocycles. The fraction of sp³-hybridized carbons (Fsp3) is 0.333.